The van der Waals surface area contributed by atoms with Gasteiger partial charge < -0.3 is 5.32 Å². The van der Waals surface area contributed by atoms with Crippen LogP contribution in [0.1, 0.15) is 24.1 Å². The van der Waals surface area contributed by atoms with E-state index in [0.29, 0.717) is 12.1 Å². The van der Waals surface area contributed by atoms with Crippen LogP contribution in [0.3, 0.4) is 0 Å². The molecule has 2 aromatic rings. The molecule has 0 radical (unpaired) electrons. The minimum Gasteiger partial charge on any atom is -0.306 e. The zero-order valence-electron chi connectivity index (χ0n) is 9.90. The van der Waals surface area contributed by atoms with Crippen LogP contribution in [0.25, 0.3) is 0 Å². The largest absolute Gasteiger partial charge is 0.306 e. The van der Waals surface area contributed by atoms with Crippen molar-refractivity contribution in [2.75, 3.05) is 6.54 Å². The number of rotatable bonds is 4. The summed E-state index contributed by atoms with van der Waals surface area (Å²) >= 11 is 0. The third-order valence-electron chi connectivity index (χ3n) is 2.61. The minimum atomic E-state index is -0.854. The van der Waals surface area contributed by atoms with Crippen LogP contribution in [0.2, 0.25) is 0 Å². The Morgan fingerprint density at radius 2 is 1.94 bits per heavy atom. The molecule has 1 N–H and O–H groups in total. The normalized spacial score (nSPS) is 12.4. The molecule has 1 atom stereocenters. The monoisotopic (exact) mass is 249 g/mol. The second-order valence-electron chi connectivity index (χ2n) is 3.81. The molecule has 0 saturated carbocycles. The summed E-state index contributed by atoms with van der Waals surface area (Å²) in [6.07, 6.45) is 4.57. The molecule has 0 saturated heterocycles. The highest BCUT2D eigenvalue weighted by atomic mass is 19.2. The Bertz CT molecular complexity index is 517. The van der Waals surface area contributed by atoms with Crippen molar-refractivity contribution >= 4 is 0 Å². The summed E-state index contributed by atoms with van der Waals surface area (Å²) < 4.78 is 27.1. The molecule has 5 heteroatoms. The maximum Gasteiger partial charge on any atom is 0.163 e. The van der Waals surface area contributed by atoms with E-state index in [1.165, 1.54) is 12.4 Å². The van der Waals surface area contributed by atoms with Crippen LogP contribution in [0.5, 0.6) is 0 Å². The van der Waals surface area contributed by atoms with E-state index in [2.05, 4.69) is 15.3 Å². The van der Waals surface area contributed by atoms with Crippen molar-refractivity contribution in [3.05, 3.63) is 59.7 Å². The van der Waals surface area contributed by atoms with Gasteiger partial charge in [0.25, 0.3) is 0 Å². The molecule has 0 spiro atoms. The molecule has 0 bridgehead atoms. The van der Waals surface area contributed by atoms with E-state index in [0.717, 1.165) is 6.07 Å². The molecule has 0 aliphatic heterocycles. The second kappa shape index (κ2) is 5.64. The highest BCUT2D eigenvalue weighted by Crippen LogP contribution is 2.24. The van der Waals surface area contributed by atoms with Crippen LogP contribution in [-0.4, -0.2) is 16.5 Å². The van der Waals surface area contributed by atoms with Gasteiger partial charge in [0.1, 0.15) is 6.33 Å². The molecular weight excluding hydrogens is 236 g/mol. The first kappa shape index (κ1) is 12.6. The third kappa shape index (κ3) is 2.51. The van der Waals surface area contributed by atoms with Crippen molar-refractivity contribution in [2.45, 2.75) is 13.0 Å². The van der Waals surface area contributed by atoms with Gasteiger partial charge in [-0.25, -0.2) is 18.7 Å². The maximum atomic E-state index is 13.8. The number of nitrogens with one attached hydrogen (secondary N) is 1. The van der Waals surface area contributed by atoms with Gasteiger partial charge >= 0.3 is 0 Å². The molecule has 0 amide bonds. The van der Waals surface area contributed by atoms with Gasteiger partial charge in [-0.2, -0.15) is 0 Å². The van der Waals surface area contributed by atoms with Gasteiger partial charge in [-0.15, -0.1) is 0 Å². The molecule has 1 heterocycles. The van der Waals surface area contributed by atoms with E-state index < -0.39 is 17.7 Å². The quantitative estimate of drug-likeness (QED) is 0.904. The van der Waals surface area contributed by atoms with Crippen LogP contribution in [0, 0.1) is 11.6 Å². The van der Waals surface area contributed by atoms with Crippen LogP contribution in [-0.2, 0) is 0 Å². The molecule has 0 aliphatic carbocycles. The SMILES string of the molecule is CCNC(c1cncnc1)c1cccc(F)c1F. The van der Waals surface area contributed by atoms with Crippen molar-refractivity contribution < 1.29 is 8.78 Å². The van der Waals surface area contributed by atoms with Crippen molar-refractivity contribution in [1.82, 2.24) is 15.3 Å². The average molecular weight is 249 g/mol. The first-order chi connectivity index (χ1) is 8.74. The molecule has 3 nitrogen and oxygen atoms in total. The first-order valence-corrected chi connectivity index (χ1v) is 5.66. The van der Waals surface area contributed by atoms with E-state index in [1.807, 2.05) is 6.92 Å². The Balaban J connectivity index is 2.45. The topological polar surface area (TPSA) is 37.8 Å². The van der Waals surface area contributed by atoms with Crippen LogP contribution >= 0.6 is 0 Å². The molecule has 1 unspecified atom stereocenters. The predicted molar refractivity (Wildman–Crippen MR) is 63.9 cm³/mol. The van der Waals surface area contributed by atoms with Crippen LogP contribution in [0.4, 0.5) is 8.78 Å². The Labute approximate surface area is 104 Å². The van der Waals surface area contributed by atoms with Gasteiger partial charge in [0.05, 0.1) is 6.04 Å². The molecule has 0 fully saturated rings. The molecular formula is C13H13F2N3. The summed E-state index contributed by atoms with van der Waals surface area (Å²) in [5.41, 5.74) is 0.954. The standard InChI is InChI=1S/C13H13F2N3/c1-2-18-13(9-6-16-8-17-7-9)10-4-3-5-11(14)12(10)15/h3-8,13,18H,2H2,1H3. The summed E-state index contributed by atoms with van der Waals surface area (Å²) in [6.45, 7) is 2.52. The van der Waals surface area contributed by atoms with Gasteiger partial charge in [-0.3, -0.25) is 0 Å². The molecule has 2 rings (SSSR count). The van der Waals surface area contributed by atoms with Gasteiger partial charge in [0.15, 0.2) is 11.6 Å². The summed E-state index contributed by atoms with van der Waals surface area (Å²) in [5.74, 6) is -1.69. The maximum absolute atomic E-state index is 13.8. The fraction of sp³-hybridized carbons (Fsp3) is 0.231. The number of aromatic nitrogens is 2. The summed E-state index contributed by atoms with van der Waals surface area (Å²) in [7, 11) is 0. The average Bonchev–Trinajstić information content (AvgIpc) is 2.41. The Kier molecular flexibility index (Phi) is 3.94. The van der Waals surface area contributed by atoms with Crippen molar-refractivity contribution in [2.24, 2.45) is 0 Å². The van der Waals surface area contributed by atoms with E-state index in [9.17, 15) is 8.78 Å². The van der Waals surface area contributed by atoms with Crippen molar-refractivity contribution in [3.8, 4) is 0 Å². The number of hydrogen-bond donors (Lipinski definition) is 1. The summed E-state index contributed by atoms with van der Waals surface area (Å²) in [4.78, 5) is 7.80. The highest BCUT2D eigenvalue weighted by molar-refractivity contribution is 5.30. The van der Waals surface area contributed by atoms with Gasteiger partial charge in [0, 0.05) is 23.5 Å². The fourth-order valence-corrected chi connectivity index (χ4v) is 1.81. The Morgan fingerprint density at radius 1 is 1.22 bits per heavy atom. The summed E-state index contributed by atoms with van der Waals surface area (Å²) in [5, 5.41) is 3.10. The van der Waals surface area contributed by atoms with E-state index >= 15 is 0 Å². The second-order valence-corrected chi connectivity index (χ2v) is 3.81. The Morgan fingerprint density at radius 3 is 2.61 bits per heavy atom. The van der Waals surface area contributed by atoms with Crippen molar-refractivity contribution in [1.29, 1.82) is 0 Å². The lowest BCUT2D eigenvalue weighted by atomic mass is 10.0. The molecule has 94 valence electrons. The number of halogens is 2. The molecule has 18 heavy (non-hydrogen) atoms. The molecule has 1 aromatic carbocycles. The fourth-order valence-electron chi connectivity index (χ4n) is 1.81. The highest BCUT2D eigenvalue weighted by Gasteiger charge is 2.19. The zero-order valence-corrected chi connectivity index (χ0v) is 9.90. The minimum absolute atomic E-state index is 0.256. The van der Waals surface area contributed by atoms with Gasteiger partial charge in [-0.05, 0) is 12.6 Å². The first-order valence-electron chi connectivity index (χ1n) is 5.66. The predicted octanol–water partition coefficient (Wildman–Crippen LogP) is 2.45. The lowest BCUT2D eigenvalue weighted by Gasteiger charge is -2.18. The van der Waals surface area contributed by atoms with E-state index in [1.54, 1.807) is 18.5 Å². The zero-order chi connectivity index (χ0) is 13.0. The van der Waals surface area contributed by atoms with Crippen LogP contribution in [0.15, 0.2) is 36.9 Å². The van der Waals surface area contributed by atoms with Gasteiger partial charge in [0.2, 0.25) is 0 Å². The van der Waals surface area contributed by atoms with E-state index in [-0.39, 0.29) is 5.56 Å². The lowest BCUT2D eigenvalue weighted by molar-refractivity contribution is 0.482. The number of hydrogen-bond acceptors (Lipinski definition) is 3. The number of nitrogens with zero attached hydrogens (tertiary/aromatic N) is 2. The smallest absolute Gasteiger partial charge is 0.163 e. The number of benzene rings is 1. The van der Waals surface area contributed by atoms with Crippen molar-refractivity contribution in [3.63, 3.8) is 0 Å². The lowest BCUT2D eigenvalue weighted by Crippen LogP contribution is -2.23. The van der Waals surface area contributed by atoms with Gasteiger partial charge in [-0.1, -0.05) is 19.1 Å². The molecule has 0 aliphatic rings. The molecule has 1 aromatic heterocycles. The summed E-state index contributed by atoms with van der Waals surface area (Å²) in [6, 6.07) is 3.69. The third-order valence-corrected chi connectivity index (χ3v) is 2.61. The Hall–Kier alpha value is -1.88. The van der Waals surface area contributed by atoms with E-state index in [4.69, 9.17) is 0 Å². The van der Waals surface area contributed by atoms with Crippen LogP contribution < -0.4 is 5.32 Å².